The van der Waals surface area contributed by atoms with Gasteiger partial charge in [-0.2, -0.15) is 0 Å². The minimum absolute atomic E-state index is 0.115. The summed E-state index contributed by atoms with van der Waals surface area (Å²) in [6.45, 7) is 0.448. The summed E-state index contributed by atoms with van der Waals surface area (Å²) in [5.74, 6) is 2.25. The fourth-order valence-corrected chi connectivity index (χ4v) is 4.15. The third-order valence-electron chi connectivity index (χ3n) is 5.07. The Morgan fingerprint density at radius 3 is 2.12 bits per heavy atom. The van der Waals surface area contributed by atoms with Crippen LogP contribution in [0.15, 0.2) is 29.2 Å². The maximum atomic E-state index is 12.2. The first-order valence-corrected chi connectivity index (χ1v) is 10.1. The lowest BCUT2D eigenvalue weighted by Crippen LogP contribution is -2.26. The first kappa shape index (κ1) is 17.4. The van der Waals surface area contributed by atoms with Gasteiger partial charge in [-0.25, -0.2) is 12.7 Å². The van der Waals surface area contributed by atoms with Crippen molar-refractivity contribution in [3.63, 3.8) is 0 Å². The normalized spacial score (nSPS) is 18.2. The van der Waals surface area contributed by atoms with Crippen LogP contribution in [0, 0.1) is 17.8 Å². The molecule has 2 fully saturated rings. The molecule has 0 bridgehead atoms. The Morgan fingerprint density at radius 2 is 1.67 bits per heavy atom. The van der Waals surface area contributed by atoms with E-state index < -0.39 is 10.0 Å². The molecule has 1 aromatic rings. The molecular weight excluding hydrogens is 324 g/mol. The van der Waals surface area contributed by atoms with Crippen molar-refractivity contribution >= 4 is 15.9 Å². The molecule has 0 aromatic heterocycles. The zero-order valence-corrected chi connectivity index (χ0v) is 15.2. The van der Waals surface area contributed by atoms with Gasteiger partial charge in [-0.3, -0.25) is 4.79 Å². The van der Waals surface area contributed by atoms with Gasteiger partial charge in [0, 0.05) is 27.1 Å². The van der Waals surface area contributed by atoms with Crippen molar-refractivity contribution in [3.05, 3.63) is 29.8 Å². The largest absolute Gasteiger partial charge is 0.352 e. The molecule has 1 N–H and O–H groups in total. The van der Waals surface area contributed by atoms with E-state index in [0.29, 0.717) is 18.9 Å². The number of hydrogen-bond acceptors (Lipinski definition) is 3. The summed E-state index contributed by atoms with van der Waals surface area (Å²) in [7, 11) is -0.373. The molecule has 3 rings (SSSR count). The Labute approximate surface area is 144 Å². The third-order valence-corrected chi connectivity index (χ3v) is 6.90. The molecule has 5 nitrogen and oxygen atoms in total. The monoisotopic (exact) mass is 350 g/mol. The molecule has 0 unspecified atom stereocenters. The van der Waals surface area contributed by atoms with Crippen molar-refractivity contribution in [1.29, 1.82) is 0 Å². The number of hydrogen-bond donors (Lipinski definition) is 1. The van der Waals surface area contributed by atoms with Gasteiger partial charge in [-0.05, 0) is 61.1 Å². The van der Waals surface area contributed by atoms with Crippen molar-refractivity contribution in [1.82, 2.24) is 9.62 Å². The smallest absolute Gasteiger partial charge is 0.242 e. The number of sulfonamides is 1. The molecule has 0 spiro atoms. The van der Waals surface area contributed by atoms with Crippen LogP contribution in [0.2, 0.25) is 0 Å². The van der Waals surface area contributed by atoms with Crippen LogP contribution in [0.5, 0.6) is 0 Å². The van der Waals surface area contributed by atoms with E-state index in [0.717, 1.165) is 17.4 Å². The quantitative estimate of drug-likeness (QED) is 0.783. The molecule has 1 aromatic carbocycles. The second-order valence-corrected chi connectivity index (χ2v) is 9.40. The Balaban J connectivity index is 1.52. The summed E-state index contributed by atoms with van der Waals surface area (Å²) in [5, 5.41) is 2.98. The van der Waals surface area contributed by atoms with E-state index in [4.69, 9.17) is 0 Å². The number of nitrogens with zero attached hydrogens (tertiary/aromatic N) is 1. The maximum Gasteiger partial charge on any atom is 0.242 e. The SMILES string of the molecule is CN(C)S(=O)(=O)c1ccc(CNC(=O)CC(C2CC2)C2CC2)cc1. The second kappa shape index (κ2) is 6.84. The molecule has 2 aliphatic rings. The Morgan fingerprint density at radius 1 is 1.12 bits per heavy atom. The lowest BCUT2D eigenvalue weighted by molar-refractivity contribution is -0.122. The van der Waals surface area contributed by atoms with Crippen molar-refractivity contribution in [2.75, 3.05) is 14.1 Å². The van der Waals surface area contributed by atoms with Crippen LogP contribution < -0.4 is 5.32 Å². The Bertz CT molecular complexity index is 677. The molecule has 6 heteroatoms. The van der Waals surface area contributed by atoms with Gasteiger partial charge in [0.05, 0.1) is 4.90 Å². The number of benzene rings is 1. The summed E-state index contributed by atoms with van der Waals surface area (Å²) in [6, 6.07) is 6.70. The van der Waals surface area contributed by atoms with Gasteiger partial charge in [0.15, 0.2) is 0 Å². The van der Waals surface area contributed by atoms with Crippen molar-refractivity contribution in [2.45, 2.75) is 43.5 Å². The lowest BCUT2D eigenvalue weighted by Gasteiger charge is -2.15. The van der Waals surface area contributed by atoms with Gasteiger partial charge in [0.2, 0.25) is 15.9 Å². The number of carbonyl (C=O) groups excluding carboxylic acids is 1. The topological polar surface area (TPSA) is 66.5 Å². The molecule has 2 saturated carbocycles. The number of amides is 1. The summed E-state index contributed by atoms with van der Waals surface area (Å²) < 4.78 is 25.2. The predicted molar refractivity (Wildman–Crippen MR) is 92.7 cm³/mol. The average molecular weight is 350 g/mol. The molecule has 1 amide bonds. The van der Waals surface area contributed by atoms with Crippen molar-refractivity contribution in [3.8, 4) is 0 Å². The molecule has 0 atom stereocenters. The summed E-state index contributed by atoms with van der Waals surface area (Å²) in [5.41, 5.74) is 0.912. The highest BCUT2D eigenvalue weighted by molar-refractivity contribution is 7.89. The predicted octanol–water partition coefficient (Wildman–Crippen LogP) is 2.38. The molecule has 132 valence electrons. The van der Waals surface area contributed by atoms with Crippen LogP contribution in [0.4, 0.5) is 0 Å². The highest BCUT2D eigenvalue weighted by Gasteiger charge is 2.42. The summed E-state index contributed by atoms with van der Waals surface area (Å²) >= 11 is 0. The average Bonchev–Trinajstić information content (AvgIpc) is 3.44. The molecule has 0 heterocycles. The minimum Gasteiger partial charge on any atom is -0.352 e. The van der Waals surface area contributed by atoms with Gasteiger partial charge in [-0.15, -0.1) is 0 Å². The zero-order chi connectivity index (χ0) is 17.3. The van der Waals surface area contributed by atoms with E-state index in [2.05, 4.69) is 5.32 Å². The van der Waals surface area contributed by atoms with E-state index >= 15 is 0 Å². The van der Waals surface area contributed by atoms with Crippen LogP contribution in [-0.2, 0) is 21.4 Å². The number of nitrogens with one attached hydrogen (secondary N) is 1. The van der Waals surface area contributed by atoms with E-state index in [1.807, 2.05) is 0 Å². The Kier molecular flexibility index (Phi) is 4.97. The minimum atomic E-state index is -3.40. The lowest BCUT2D eigenvalue weighted by atomic mass is 9.94. The molecule has 0 radical (unpaired) electrons. The maximum absolute atomic E-state index is 12.2. The van der Waals surface area contributed by atoms with Crippen LogP contribution in [-0.4, -0.2) is 32.7 Å². The number of rotatable bonds is 8. The zero-order valence-electron chi connectivity index (χ0n) is 14.4. The van der Waals surface area contributed by atoms with Gasteiger partial charge in [0.25, 0.3) is 0 Å². The van der Waals surface area contributed by atoms with E-state index in [1.54, 1.807) is 24.3 Å². The molecule has 24 heavy (non-hydrogen) atoms. The molecule has 0 saturated heterocycles. The van der Waals surface area contributed by atoms with Gasteiger partial charge < -0.3 is 5.32 Å². The fraction of sp³-hybridized carbons (Fsp3) is 0.611. The van der Waals surface area contributed by atoms with Crippen LogP contribution >= 0.6 is 0 Å². The van der Waals surface area contributed by atoms with Crippen LogP contribution in [0.1, 0.15) is 37.7 Å². The summed E-state index contributed by atoms with van der Waals surface area (Å²) in [6.07, 6.45) is 5.79. The standard InChI is InChI=1S/C18H26N2O3S/c1-20(2)24(22,23)16-9-3-13(4-10-16)12-19-18(21)11-17(14-5-6-14)15-7-8-15/h3-4,9-10,14-15,17H,5-8,11-12H2,1-2H3,(H,19,21). The first-order chi connectivity index (χ1) is 11.4. The van der Waals surface area contributed by atoms with Crippen LogP contribution in [0.3, 0.4) is 0 Å². The highest BCUT2D eigenvalue weighted by atomic mass is 32.2. The third kappa shape index (κ3) is 4.16. The molecule has 2 aliphatic carbocycles. The van der Waals surface area contributed by atoms with Crippen molar-refractivity contribution in [2.24, 2.45) is 17.8 Å². The second-order valence-electron chi connectivity index (χ2n) is 7.25. The number of carbonyl (C=O) groups is 1. The molecule has 0 aliphatic heterocycles. The van der Waals surface area contributed by atoms with Crippen molar-refractivity contribution < 1.29 is 13.2 Å². The summed E-state index contributed by atoms with van der Waals surface area (Å²) in [4.78, 5) is 12.5. The van der Waals surface area contributed by atoms with Crippen LogP contribution in [0.25, 0.3) is 0 Å². The Hall–Kier alpha value is -1.40. The fourth-order valence-electron chi connectivity index (χ4n) is 3.24. The first-order valence-electron chi connectivity index (χ1n) is 8.66. The van der Waals surface area contributed by atoms with E-state index in [-0.39, 0.29) is 10.8 Å². The van der Waals surface area contributed by atoms with Gasteiger partial charge >= 0.3 is 0 Å². The van der Waals surface area contributed by atoms with E-state index in [1.165, 1.54) is 44.1 Å². The van der Waals surface area contributed by atoms with Gasteiger partial charge in [-0.1, -0.05) is 12.1 Å². The van der Waals surface area contributed by atoms with Gasteiger partial charge in [0.1, 0.15) is 0 Å². The molecular formula is C18H26N2O3S. The van der Waals surface area contributed by atoms with E-state index in [9.17, 15) is 13.2 Å². The highest BCUT2D eigenvalue weighted by Crippen LogP contribution is 2.50.